The van der Waals surface area contributed by atoms with Crippen LogP contribution in [0, 0.1) is 5.82 Å². The zero-order valence-corrected chi connectivity index (χ0v) is 20.4. The van der Waals surface area contributed by atoms with E-state index in [9.17, 15) is 14.7 Å². The molecule has 0 unspecified atom stereocenters. The van der Waals surface area contributed by atoms with Crippen LogP contribution in [0.1, 0.15) is 35.3 Å². The number of fused-ring (bicyclic) bond motifs is 1. The number of amidine groups is 1. The predicted octanol–water partition coefficient (Wildman–Crippen LogP) is 3.40. The van der Waals surface area contributed by atoms with Gasteiger partial charge in [0.1, 0.15) is 11.4 Å². The van der Waals surface area contributed by atoms with Crippen molar-refractivity contribution in [1.29, 1.82) is 0 Å². The van der Waals surface area contributed by atoms with Gasteiger partial charge in [0.15, 0.2) is 5.84 Å². The molecule has 2 aromatic carbocycles. The molecule has 2 aliphatic heterocycles. The molecule has 8 nitrogen and oxygen atoms in total. The van der Waals surface area contributed by atoms with Crippen LogP contribution in [0.3, 0.4) is 0 Å². The van der Waals surface area contributed by atoms with Crippen molar-refractivity contribution >= 4 is 34.1 Å². The van der Waals surface area contributed by atoms with Crippen LogP contribution in [-0.2, 0) is 13.1 Å². The fourth-order valence-corrected chi connectivity index (χ4v) is 4.82. The van der Waals surface area contributed by atoms with Crippen molar-refractivity contribution in [1.82, 2.24) is 9.47 Å². The first-order chi connectivity index (χ1) is 17.3. The quantitative estimate of drug-likeness (QED) is 0.573. The molecule has 9 heteroatoms. The van der Waals surface area contributed by atoms with Gasteiger partial charge in [0.05, 0.1) is 17.7 Å². The Hall–Kier alpha value is -3.85. The second-order valence-corrected chi connectivity index (χ2v) is 9.23. The summed E-state index contributed by atoms with van der Waals surface area (Å²) in [4.78, 5) is 37.3. The lowest BCUT2D eigenvalue weighted by Gasteiger charge is -2.36. The second-order valence-electron chi connectivity index (χ2n) is 9.23. The molecule has 2 aliphatic rings. The number of halogens is 1. The Balaban J connectivity index is 1.29. The van der Waals surface area contributed by atoms with Crippen molar-refractivity contribution in [3.8, 4) is 0 Å². The number of anilines is 1. The number of pyridine rings is 1. The van der Waals surface area contributed by atoms with Gasteiger partial charge in [-0.15, -0.1) is 0 Å². The molecule has 1 saturated heterocycles. The molecule has 1 fully saturated rings. The van der Waals surface area contributed by atoms with E-state index in [1.54, 1.807) is 10.6 Å². The number of aliphatic imine (C=N–C) groups is 2. The number of nitrogens with zero attached hydrogens (tertiary/aromatic N) is 5. The molecule has 0 bridgehead atoms. The smallest absolute Gasteiger partial charge is 0.341 e. The van der Waals surface area contributed by atoms with Gasteiger partial charge in [-0.3, -0.25) is 14.7 Å². The second kappa shape index (κ2) is 9.66. The number of carboxylic acids is 1. The normalized spacial score (nSPS) is 16.4. The third kappa shape index (κ3) is 4.54. The average molecular weight is 490 g/mol. The number of aryl methyl sites for hydroxylation is 1. The van der Waals surface area contributed by atoms with Crippen molar-refractivity contribution in [3.05, 3.63) is 75.3 Å². The van der Waals surface area contributed by atoms with Crippen molar-refractivity contribution in [2.75, 3.05) is 37.6 Å². The van der Waals surface area contributed by atoms with Gasteiger partial charge in [0, 0.05) is 62.1 Å². The van der Waals surface area contributed by atoms with Crippen LogP contribution in [0.4, 0.5) is 10.1 Å². The third-order valence-corrected chi connectivity index (χ3v) is 6.81. The van der Waals surface area contributed by atoms with Crippen molar-refractivity contribution in [3.63, 3.8) is 0 Å². The Labute approximate surface area is 208 Å². The van der Waals surface area contributed by atoms with Gasteiger partial charge in [0.25, 0.3) is 0 Å². The standard InChI is InChI=1S/C27H28FN5O3/c1-3-32-16-21(27(35)36)25(34)20-12-22(28)24(13-23(20)32)33-10-8-31(9-11-33)15-18-4-6-19(7-5-18)26-29-14-17(2)30-26/h4-7,12-13,16H,3,8-11,14-15H2,1-2H3,(H,35,36). The molecule has 186 valence electrons. The molecule has 3 heterocycles. The van der Waals surface area contributed by atoms with Crippen LogP contribution < -0.4 is 10.3 Å². The lowest BCUT2D eigenvalue weighted by atomic mass is 10.1. The number of aromatic carboxylic acids is 1. The number of carbonyl (C=O) groups is 1. The van der Waals surface area contributed by atoms with E-state index >= 15 is 4.39 Å². The molecule has 3 aromatic rings. The van der Waals surface area contributed by atoms with E-state index in [1.807, 2.05) is 18.7 Å². The minimum absolute atomic E-state index is 0.0875. The highest BCUT2D eigenvalue weighted by Gasteiger charge is 2.22. The number of rotatable bonds is 6. The van der Waals surface area contributed by atoms with Gasteiger partial charge in [-0.1, -0.05) is 24.3 Å². The first-order valence-electron chi connectivity index (χ1n) is 12.1. The van der Waals surface area contributed by atoms with Crippen LogP contribution in [0.5, 0.6) is 0 Å². The molecule has 0 aliphatic carbocycles. The van der Waals surface area contributed by atoms with Gasteiger partial charge < -0.3 is 14.6 Å². The molecule has 1 aromatic heterocycles. The Morgan fingerprint density at radius 1 is 1.11 bits per heavy atom. The maximum absolute atomic E-state index is 15.1. The summed E-state index contributed by atoms with van der Waals surface area (Å²) < 4.78 is 16.8. The van der Waals surface area contributed by atoms with Crippen LogP contribution in [0.15, 0.2) is 57.4 Å². The van der Waals surface area contributed by atoms with Gasteiger partial charge in [-0.25, -0.2) is 14.2 Å². The molecule has 36 heavy (non-hydrogen) atoms. The topological polar surface area (TPSA) is 90.5 Å². The summed E-state index contributed by atoms with van der Waals surface area (Å²) in [6.45, 7) is 8.61. The van der Waals surface area contributed by atoms with E-state index in [1.165, 1.54) is 17.8 Å². The minimum atomic E-state index is -1.31. The average Bonchev–Trinajstić information content (AvgIpc) is 3.31. The van der Waals surface area contributed by atoms with E-state index < -0.39 is 17.2 Å². The van der Waals surface area contributed by atoms with Crippen molar-refractivity contribution < 1.29 is 14.3 Å². The molecule has 0 saturated carbocycles. The highest BCUT2D eigenvalue weighted by molar-refractivity contribution is 6.10. The number of hydrogen-bond donors (Lipinski definition) is 1. The van der Waals surface area contributed by atoms with Crippen molar-refractivity contribution in [2.24, 2.45) is 9.98 Å². The number of aromatic nitrogens is 1. The van der Waals surface area contributed by atoms with Gasteiger partial charge in [0.2, 0.25) is 5.43 Å². The Bertz CT molecular complexity index is 1450. The van der Waals surface area contributed by atoms with Gasteiger partial charge in [-0.05, 0) is 31.5 Å². The number of hydrogen-bond acceptors (Lipinski definition) is 6. The minimum Gasteiger partial charge on any atom is -0.477 e. The molecule has 0 amide bonds. The molecule has 0 spiro atoms. The highest BCUT2D eigenvalue weighted by Crippen LogP contribution is 2.27. The molecule has 5 rings (SSSR count). The summed E-state index contributed by atoms with van der Waals surface area (Å²) in [6, 6.07) is 11.2. The molecule has 0 atom stereocenters. The van der Waals surface area contributed by atoms with Crippen LogP contribution in [-0.4, -0.2) is 64.8 Å². The van der Waals surface area contributed by atoms with Crippen LogP contribution in [0.25, 0.3) is 10.9 Å². The maximum atomic E-state index is 15.1. The SMILES string of the molecule is CCn1cc(C(=O)O)c(=O)c2cc(F)c(N3CCN(Cc4ccc(C5=NCC(C)=N5)cc4)CC3)cc21. The first-order valence-corrected chi connectivity index (χ1v) is 12.1. The lowest BCUT2D eigenvalue weighted by Crippen LogP contribution is -2.46. The van der Waals surface area contributed by atoms with Crippen molar-refractivity contribution in [2.45, 2.75) is 26.9 Å². The van der Waals surface area contributed by atoms with E-state index in [-0.39, 0.29) is 10.9 Å². The molecular formula is C27H28FN5O3. The zero-order valence-electron chi connectivity index (χ0n) is 20.4. The number of carboxylic acid groups (broad SMARTS) is 1. The van der Waals surface area contributed by atoms with E-state index in [0.717, 1.165) is 36.7 Å². The molecular weight excluding hydrogens is 461 g/mol. The predicted molar refractivity (Wildman–Crippen MR) is 139 cm³/mol. The Morgan fingerprint density at radius 2 is 1.83 bits per heavy atom. The van der Waals surface area contributed by atoms with Gasteiger partial charge >= 0.3 is 5.97 Å². The van der Waals surface area contributed by atoms with Crippen LogP contribution >= 0.6 is 0 Å². The molecule has 1 N–H and O–H groups in total. The Morgan fingerprint density at radius 3 is 2.44 bits per heavy atom. The number of benzene rings is 2. The summed E-state index contributed by atoms with van der Waals surface area (Å²) in [5, 5.41) is 9.43. The third-order valence-electron chi connectivity index (χ3n) is 6.81. The maximum Gasteiger partial charge on any atom is 0.341 e. The van der Waals surface area contributed by atoms with E-state index in [0.29, 0.717) is 37.4 Å². The summed E-state index contributed by atoms with van der Waals surface area (Å²) in [6.07, 6.45) is 1.34. The summed E-state index contributed by atoms with van der Waals surface area (Å²) >= 11 is 0. The summed E-state index contributed by atoms with van der Waals surface area (Å²) in [7, 11) is 0. The summed E-state index contributed by atoms with van der Waals surface area (Å²) in [5.41, 5.74) is 3.21. The highest BCUT2D eigenvalue weighted by atomic mass is 19.1. The van der Waals surface area contributed by atoms with E-state index in [4.69, 9.17) is 0 Å². The fourth-order valence-electron chi connectivity index (χ4n) is 4.82. The fraction of sp³-hybridized carbons (Fsp3) is 0.333. The van der Waals surface area contributed by atoms with Crippen LogP contribution in [0.2, 0.25) is 0 Å². The first kappa shape index (κ1) is 23.9. The van der Waals surface area contributed by atoms with Gasteiger partial charge in [-0.2, -0.15) is 0 Å². The molecule has 0 radical (unpaired) electrons. The number of piperazine rings is 1. The van der Waals surface area contributed by atoms with E-state index in [2.05, 4.69) is 39.2 Å². The zero-order chi connectivity index (χ0) is 25.4. The largest absolute Gasteiger partial charge is 0.477 e. The Kier molecular flexibility index (Phi) is 6.40. The summed E-state index contributed by atoms with van der Waals surface area (Å²) in [5.74, 6) is -1.03. The monoisotopic (exact) mass is 489 g/mol. The lowest BCUT2D eigenvalue weighted by molar-refractivity contribution is 0.0695.